The summed E-state index contributed by atoms with van der Waals surface area (Å²) in [6, 6.07) is 6.16. The third-order valence-electron chi connectivity index (χ3n) is 7.51. The maximum absolute atomic E-state index is 13.5. The van der Waals surface area contributed by atoms with Crippen molar-refractivity contribution >= 4 is 23.5 Å². The number of hydrogen-bond acceptors (Lipinski definition) is 8. The number of halogens is 3. The van der Waals surface area contributed by atoms with Crippen molar-refractivity contribution in [2.24, 2.45) is 11.1 Å². The number of Topliss-reactive ketones (excluding diaryl/α,β-unsaturated/α-hetero) is 1. The lowest BCUT2D eigenvalue weighted by Crippen LogP contribution is -2.29. The number of nitroso groups, excluding NO2 is 1. The van der Waals surface area contributed by atoms with Gasteiger partial charge < -0.3 is 20.9 Å². The predicted molar refractivity (Wildman–Crippen MR) is 187 cm³/mol. The Morgan fingerprint density at radius 1 is 1.11 bits per heavy atom. The molecular formula is C36H56F3N5O3. The zero-order chi connectivity index (χ0) is 36.0. The molecule has 3 N–H and O–H groups in total. The van der Waals surface area contributed by atoms with Crippen LogP contribution in [0.15, 0.2) is 29.4 Å². The van der Waals surface area contributed by atoms with Crippen LogP contribution >= 0.6 is 0 Å². The number of pyridine rings is 1. The molecule has 2 heterocycles. The molecule has 4 rings (SSSR count). The molecule has 1 unspecified atom stereocenters. The van der Waals surface area contributed by atoms with E-state index in [2.05, 4.69) is 15.5 Å². The molecule has 1 aliphatic carbocycles. The third kappa shape index (κ3) is 16.4. The van der Waals surface area contributed by atoms with Crippen molar-refractivity contribution in [2.75, 3.05) is 19.8 Å². The fraction of sp³-hybridized carbons (Fsp3) is 0.611. The molecule has 2 aromatic rings. The lowest BCUT2D eigenvalue weighted by atomic mass is 9.85. The van der Waals surface area contributed by atoms with E-state index in [1.54, 1.807) is 32.9 Å². The summed E-state index contributed by atoms with van der Waals surface area (Å²) in [5.74, 6) is 0.593. The van der Waals surface area contributed by atoms with Gasteiger partial charge in [-0.3, -0.25) is 4.79 Å². The van der Waals surface area contributed by atoms with Gasteiger partial charge in [0.05, 0.1) is 5.56 Å². The van der Waals surface area contributed by atoms with Gasteiger partial charge >= 0.3 is 6.18 Å². The number of carbonyl (C=O) groups excluding carboxylic acids is 1. The largest absolute Gasteiger partial charge is 0.416 e. The standard InChI is InChI=1S/C19H26F3NO.C10H13N3O.C3H6O.C2H5N.C2H6/c1-4-15-16(18(24)5-2)9-14(10-17(15)19(20,21)22)12(3)23-11-13-7-6-8-13;1-3-9(11)5-8-4-7(2)12-10(6-8)13-14;1-2-4-3-1;1-2-3;1-2/h9-10,12-13,23H,4-8,11H2,1-3H3;4,6,11H,3,5H2,1-2H3;1-3H2;2-3H,1H3;1-2H3. The lowest BCUT2D eigenvalue weighted by molar-refractivity contribution is -0.138. The van der Waals surface area contributed by atoms with E-state index in [0.717, 1.165) is 37.4 Å². The Bertz CT molecular complexity index is 1240. The third-order valence-corrected chi connectivity index (χ3v) is 7.51. The van der Waals surface area contributed by atoms with Crippen LogP contribution in [0, 0.1) is 28.6 Å². The summed E-state index contributed by atoms with van der Waals surface area (Å²) in [6.07, 6.45) is 3.38. The van der Waals surface area contributed by atoms with Gasteiger partial charge in [-0.1, -0.05) is 41.0 Å². The van der Waals surface area contributed by atoms with Gasteiger partial charge in [-0.25, -0.2) is 4.98 Å². The van der Waals surface area contributed by atoms with Gasteiger partial charge in [0.25, 0.3) is 0 Å². The second-order valence-electron chi connectivity index (χ2n) is 11.1. The van der Waals surface area contributed by atoms with Crippen LogP contribution in [0.5, 0.6) is 0 Å². The average Bonchev–Trinajstić information content (AvgIpc) is 2.99. The molecule has 0 bridgehead atoms. The van der Waals surface area contributed by atoms with Crippen LogP contribution in [-0.2, 0) is 23.8 Å². The normalized spacial score (nSPS) is 13.9. The number of nitrogens with one attached hydrogen (secondary N) is 3. The molecule has 1 aromatic carbocycles. The zero-order valence-corrected chi connectivity index (χ0v) is 29.6. The number of carbonyl (C=O) groups is 1. The van der Waals surface area contributed by atoms with Gasteiger partial charge in [-0.15, -0.1) is 4.91 Å². The predicted octanol–water partition coefficient (Wildman–Crippen LogP) is 10.2. The second-order valence-corrected chi connectivity index (χ2v) is 11.1. The zero-order valence-electron chi connectivity index (χ0n) is 29.6. The molecule has 264 valence electrons. The quantitative estimate of drug-likeness (QED) is 0.125. The summed E-state index contributed by atoms with van der Waals surface area (Å²) in [4.78, 5) is 26.4. The summed E-state index contributed by atoms with van der Waals surface area (Å²) < 4.78 is 45.1. The van der Waals surface area contributed by atoms with Crippen LogP contribution in [-0.4, -0.2) is 42.5 Å². The molecule has 1 saturated carbocycles. The maximum atomic E-state index is 13.5. The smallest absolute Gasteiger partial charge is 0.381 e. The molecule has 2 fully saturated rings. The number of aryl methyl sites for hydroxylation is 1. The molecule has 11 heteroatoms. The molecule has 2 aliphatic rings. The van der Waals surface area contributed by atoms with Crippen LogP contribution in [0.25, 0.3) is 0 Å². The number of nitrogens with zero attached hydrogens (tertiary/aromatic N) is 2. The van der Waals surface area contributed by atoms with Crippen LogP contribution in [0.1, 0.15) is 131 Å². The summed E-state index contributed by atoms with van der Waals surface area (Å²) in [5, 5.41) is 19.7. The van der Waals surface area contributed by atoms with Crippen molar-refractivity contribution < 1.29 is 22.7 Å². The van der Waals surface area contributed by atoms with Crippen molar-refractivity contribution in [3.05, 3.63) is 62.7 Å². The van der Waals surface area contributed by atoms with Crippen LogP contribution < -0.4 is 5.32 Å². The fourth-order valence-electron chi connectivity index (χ4n) is 4.56. The van der Waals surface area contributed by atoms with Crippen molar-refractivity contribution in [1.82, 2.24) is 10.3 Å². The first kappa shape index (κ1) is 43.7. The minimum Gasteiger partial charge on any atom is -0.381 e. The SMILES string of the molecule is C1COC1.CC.CC=N.CCC(=N)Cc1cc(C)nc(N=O)c1.CCC(=O)c1cc(C(C)NCC2CCC2)cc(C(F)(F)F)c1CC. The number of rotatable bonds is 11. The van der Waals surface area contributed by atoms with E-state index >= 15 is 0 Å². The number of hydrogen-bond donors (Lipinski definition) is 3. The Morgan fingerprint density at radius 2 is 1.68 bits per heavy atom. The highest BCUT2D eigenvalue weighted by Crippen LogP contribution is 2.36. The highest BCUT2D eigenvalue weighted by atomic mass is 19.4. The summed E-state index contributed by atoms with van der Waals surface area (Å²) in [5.41, 5.74) is 2.55. The number of benzene rings is 1. The molecule has 1 aliphatic heterocycles. The number of alkyl halides is 3. The number of ether oxygens (including phenoxy) is 1. The van der Waals surface area contributed by atoms with Gasteiger partial charge in [0.1, 0.15) is 0 Å². The summed E-state index contributed by atoms with van der Waals surface area (Å²) >= 11 is 0. The van der Waals surface area contributed by atoms with Crippen molar-refractivity contribution in [3.63, 3.8) is 0 Å². The van der Waals surface area contributed by atoms with Crippen LogP contribution in [0.4, 0.5) is 19.0 Å². The summed E-state index contributed by atoms with van der Waals surface area (Å²) in [7, 11) is 0. The first-order valence-corrected chi connectivity index (χ1v) is 16.7. The molecule has 1 atom stereocenters. The highest BCUT2D eigenvalue weighted by molar-refractivity contribution is 5.98. The minimum absolute atomic E-state index is 0.115. The first-order valence-electron chi connectivity index (χ1n) is 16.7. The molecule has 0 amide bonds. The van der Waals surface area contributed by atoms with Gasteiger partial charge in [0.2, 0.25) is 0 Å². The van der Waals surface area contributed by atoms with E-state index in [1.165, 1.54) is 38.0 Å². The van der Waals surface area contributed by atoms with E-state index < -0.39 is 11.7 Å². The Balaban J connectivity index is 0.000000769. The summed E-state index contributed by atoms with van der Waals surface area (Å²) in [6.45, 7) is 17.4. The molecule has 0 spiro atoms. The fourth-order valence-corrected chi connectivity index (χ4v) is 4.56. The minimum atomic E-state index is -4.45. The van der Waals surface area contributed by atoms with Crippen molar-refractivity contribution in [2.45, 2.75) is 119 Å². The Labute approximate surface area is 279 Å². The average molecular weight is 664 g/mol. The highest BCUT2D eigenvalue weighted by Gasteiger charge is 2.35. The first-order chi connectivity index (χ1) is 22.3. The van der Waals surface area contributed by atoms with Gasteiger partial charge in [-0.2, -0.15) is 13.2 Å². The molecule has 1 saturated heterocycles. The topological polar surface area (TPSA) is 128 Å². The maximum Gasteiger partial charge on any atom is 0.416 e. The number of aromatic nitrogens is 1. The van der Waals surface area contributed by atoms with E-state index in [-0.39, 0.29) is 41.6 Å². The molecule has 0 radical (unpaired) electrons. The number of ketones is 1. The Kier molecular flexibility index (Phi) is 22.2. The monoisotopic (exact) mass is 663 g/mol. The van der Waals surface area contributed by atoms with Gasteiger partial charge in [0, 0.05) is 49.1 Å². The van der Waals surface area contributed by atoms with Crippen molar-refractivity contribution in [1.29, 1.82) is 10.8 Å². The lowest BCUT2D eigenvalue weighted by Gasteiger charge is -2.28. The second kappa shape index (κ2) is 23.9. The molecular weight excluding hydrogens is 607 g/mol. The van der Waals surface area contributed by atoms with E-state index in [1.807, 2.05) is 40.7 Å². The Morgan fingerprint density at radius 3 is 2.09 bits per heavy atom. The van der Waals surface area contributed by atoms with Crippen LogP contribution in [0.3, 0.4) is 0 Å². The Hall–Kier alpha value is -3.31. The van der Waals surface area contributed by atoms with Crippen molar-refractivity contribution in [3.8, 4) is 0 Å². The molecule has 47 heavy (non-hydrogen) atoms. The van der Waals surface area contributed by atoms with E-state index in [4.69, 9.17) is 15.6 Å². The van der Waals surface area contributed by atoms with Crippen LogP contribution in [0.2, 0.25) is 0 Å². The molecule has 1 aromatic heterocycles. The van der Waals surface area contributed by atoms with E-state index in [9.17, 15) is 22.9 Å². The van der Waals surface area contributed by atoms with Gasteiger partial charge in [-0.05, 0) is 118 Å². The molecule has 8 nitrogen and oxygen atoms in total. The van der Waals surface area contributed by atoms with E-state index in [0.29, 0.717) is 23.6 Å². The van der Waals surface area contributed by atoms with Gasteiger partial charge in [0.15, 0.2) is 11.6 Å².